The molecule has 1 aliphatic heterocycles. The van der Waals surface area contributed by atoms with Crippen LogP contribution in [0, 0.1) is 0 Å². The number of sulfonamides is 1. The topological polar surface area (TPSA) is 92.8 Å². The molecule has 1 heterocycles. The number of hydrogen-bond acceptors (Lipinski definition) is 5. The lowest BCUT2D eigenvalue weighted by Gasteiger charge is -2.26. The molecule has 0 atom stereocenters. The lowest BCUT2D eigenvalue weighted by Crippen LogP contribution is -2.35. The first kappa shape index (κ1) is 23.0. The van der Waals surface area contributed by atoms with Crippen molar-refractivity contribution in [2.75, 3.05) is 25.5 Å². The summed E-state index contributed by atoms with van der Waals surface area (Å²) in [5, 5.41) is 2.74. The van der Waals surface area contributed by atoms with Crippen molar-refractivity contribution in [1.29, 1.82) is 0 Å². The number of piperidine rings is 1. The maximum Gasteiger partial charge on any atom is 0.243 e. The Bertz CT molecular complexity index is 1010. The number of ether oxygens (including phenoxy) is 1. The van der Waals surface area contributed by atoms with Gasteiger partial charge in [-0.1, -0.05) is 12.5 Å². The number of Topliss-reactive ketones (excluding diaryl/α,β-unsaturated/α-hetero) is 1. The molecule has 31 heavy (non-hydrogen) atoms. The molecule has 1 fully saturated rings. The van der Waals surface area contributed by atoms with Crippen molar-refractivity contribution in [3.05, 3.63) is 54.1 Å². The number of nitrogens with zero attached hydrogens (tertiary/aromatic N) is 1. The van der Waals surface area contributed by atoms with Crippen molar-refractivity contribution >= 4 is 27.4 Å². The Kier molecular flexibility index (Phi) is 7.81. The summed E-state index contributed by atoms with van der Waals surface area (Å²) in [6.07, 6.45) is 3.61. The van der Waals surface area contributed by atoms with E-state index in [2.05, 4.69) is 5.32 Å². The largest absolute Gasteiger partial charge is 0.497 e. The van der Waals surface area contributed by atoms with E-state index < -0.39 is 10.0 Å². The molecule has 2 aromatic carbocycles. The van der Waals surface area contributed by atoms with Gasteiger partial charge in [-0.25, -0.2) is 8.42 Å². The van der Waals surface area contributed by atoms with E-state index in [0.717, 1.165) is 19.3 Å². The molecule has 0 unspecified atom stereocenters. The van der Waals surface area contributed by atoms with Crippen LogP contribution in [-0.4, -0.2) is 44.6 Å². The van der Waals surface area contributed by atoms with E-state index in [9.17, 15) is 18.0 Å². The molecule has 166 valence electrons. The number of methoxy groups -OCH3 is 1. The van der Waals surface area contributed by atoms with Crippen molar-refractivity contribution in [2.45, 2.75) is 43.4 Å². The normalized spacial score (nSPS) is 14.7. The Hall–Kier alpha value is -2.71. The van der Waals surface area contributed by atoms with Crippen LogP contribution < -0.4 is 10.1 Å². The van der Waals surface area contributed by atoms with Crippen LogP contribution >= 0.6 is 0 Å². The van der Waals surface area contributed by atoms with E-state index in [4.69, 9.17) is 4.74 Å². The van der Waals surface area contributed by atoms with Gasteiger partial charge in [0.15, 0.2) is 5.78 Å². The predicted molar refractivity (Wildman–Crippen MR) is 119 cm³/mol. The summed E-state index contributed by atoms with van der Waals surface area (Å²) in [6, 6.07) is 13.2. The highest BCUT2D eigenvalue weighted by molar-refractivity contribution is 7.89. The zero-order valence-electron chi connectivity index (χ0n) is 17.7. The third-order valence-electron chi connectivity index (χ3n) is 5.29. The molecule has 0 saturated carbocycles. The Balaban J connectivity index is 1.52. The zero-order valence-corrected chi connectivity index (χ0v) is 18.5. The van der Waals surface area contributed by atoms with Crippen molar-refractivity contribution in [3.63, 3.8) is 0 Å². The molecule has 1 saturated heterocycles. The fourth-order valence-electron chi connectivity index (χ4n) is 3.54. The zero-order chi connectivity index (χ0) is 22.3. The summed E-state index contributed by atoms with van der Waals surface area (Å²) in [5.41, 5.74) is 1.02. The minimum absolute atomic E-state index is 0.0370. The standard InChI is InChI=1S/C23H28N2O5S/c1-30-20-13-11-18(12-14-20)22(26)9-6-10-23(27)24-19-7-5-8-21(17-19)31(28,29)25-15-3-2-4-16-25/h5,7-8,11-14,17H,2-4,6,9-10,15-16H2,1H3,(H,24,27). The number of rotatable bonds is 9. The Morgan fingerprint density at radius 1 is 1.00 bits per heavy atom. The van der Waals surface area contributed by atoms with Gasteiger partial charge in [0, 0.05) is 37.2 Å². The summed E-state index contributed by atoms with van der Waals surface area (Å²) < 4.78 is 32.2. The summed E-state index contributed by atoms with van der Waals surface area (Å²) in [6.45, 7) is 1.06. The first-order valence-corrected chi connectivity index (χ1v) is 11.9. The lowest BCUT2D eigenvalue weighted by molar-refractivity contribution is -0.116. The van der Waals surface area contributed by atoms with Crippen LogP contribution in [0.1, 0.15) is 48.9 Å². The molecule has 0 aliphatic carbocycles. The van der Waals surface area contributed by atoms with Crippen molar-refractivity contribution < 1.29 is 22.7 Å². The summed E-state index contributed by atoms with van der Waals surface area (Å²) in [4.78, 5) is 24.7. The lowest BCUT2D eigenvalue weighted by atomic mass is 10.1. The second-order valence-electron chi connectivity index (χ2n) is 7.55. The van der Waals surface area contributed by atoms with Crippen LogP contribution in [0.5, 0.6) is 5.75 Å². The second kappa shape index (κ2) is 10.5. The number of hydrogen-bond donors (Lipinski definition) is 1. The number of carbonyl (C=O) groups is 2. The third-order valence-corrected chi connectivity index (χ3v) is 7.18. The summed E-state index contributed by atoms with van der Waals surface area (Å²) in [5.74, 6) is 0.389. The molecule has 1 N–H and O–H groups in total. The maximum absolute atomic E-state index is 12.8. The number of ketones is 1. The van der Waals surface area contributed by atoms with E-state index >= 15 is 0 Å². The quantitative estimate of drug-likeness (QED) is 0.593. The van der Waals surface area contributed by atoms with Crippen LogP contribution in [-0.2, 0) is 14.8 Å². The number of nitrogens with one attached hydrogen (secondary N) is 1. The fraction of sp³-hybridized carbons (Fsp3) is 0.391. The van der Waals surface area contributed by atoms with Crippen molar-refractivity contribution in [3.8, 4) is 5.75 Å². The van der Waals surface area contributed by atoms with Crippen LogP contribution in [0.15, 0.2) is 53.4 Å². The highest BCUT2D eigenvalue weighted by Crippen LogP contribution is 2.23. The van der Waals surface area contributed by atoms with Crippen LogP contribution in [0.2, 0.25) is 0 Å². The van der Waals surface area contributed by atoms with Gasteiger partial charge in [-0.15, -0.1) is 0 Å². The Morgan fingerprint density at radius 2 is 1.71 bits per heavy atom. The van der Waals surface area contributed by atoms with E-state index in [1.165, 1.54) is 10.4 Å². The monoisotopic (exact) mass is 444 g/mol. The molecule has 0 spiro atoms. The molecule has 0 radical (unpaired) electrons. The van der Waals surface area contributed by atoms with Gasteiger partial charge in [0.2, 0.25) is 15.9 Å². The SMILES string of the molecule is COc1ccc(C(=O)CCCC(=O)Nc2cccc(S(=O)(=O)N3CCCCC3)c2)cc1. The van der Waals surface area contributed by atoms with Gasteiger partial charge in [0.25, 0.3) is 0 Å². The molecule has 1 aliphatic rings. The van der Waals surface area contributed by atoms with Crippen LogP contribution in [0.4, 0.5) is 5.69 Å². The van der Waals surface area contributed by atoms with Crippen molar-refractivity contribution in [1.82, 2.24) is 4.31 Å². The third kappa shape index (κ3) is 6.15. The van der Waals surface area contributed by atoms with Gasteiger partial charge in [-0.3, -0.25) is 9.59 Å². The maximum atomic E-state index is 12.8. The average Bonchev–Trinajstić information content (AvgIpc) is 2.79. The Labute approximate surface area is 183 Å². The fourth-order valence-corrected chi connectivity index (χ4v) is 5.11. The van der Waals surface area contributed by atoms with Crippen molar-refractivity contribution in [2.24, 2.45) is 0 Å². The predicted octanol–water partition coefficient (Wildman–Crippen LogP) is 3.86. The van der Waals surface area contributed by atoms with Gasteiger partial charge in [0.1, 0.15) is 5.75 Å². The minimum Gasteiger partial charge on any atom is -0.497 e. The molecule has 8 heteroatoms. The van der Waals surface area contributed by atoms with E-state index in [1.54, 1.807) is 49.6 Å². The van der Waals surface area contributed by atoms with Crippen LogP contribution in [0.25, 0.3) is 0 Å². The van der Waals surface area contributed by atoms with Gasteiger partial charge in [-0.05, 0) is 61.7 Å². The van der Waals surface area contributed by atoms with Gasteiger partial charge < -0.3 is 10.1 Å². The first-order chi connectivity index (χ1) is 14.9. The molecule has 0 bridgehead atoms. The molecule has 7 nitrogen and oxygen atoms in total. The van der Waals surface area contributed by atoms with E-state index in [1.807, 2.05) is 0 Å². The molecular formula is C23H28N2O5S. The first-order valence-electron chi connectivity index (χ1n) is 10.5. The smallest absolute Gasteiger partial charge is 0.243 e. The van der Waals surface area contributed by atoms with E-state index in [-0.39, 0.29) is 29.4 Å². The highest BCUT2D eigenvalue weighted by atomic mass is 32.2. The number of carbonyl (C=O) groups excluding carboxylic acids is 2. The average molecular weight is 445 g/mol. The highest BCUT2D eigenvalue weighted by Gasteiger charge is 2.26. The number of benzene rings is 2. The summed E-state index contributed by atoms with van der Waals surface area (Å²) in [7, 11) is -1.99. The minimum atomic E-state index is -3.56. The molecule has 2 aromatic rings. The summed E-state index contributed by atoms with van der Waals surface area (Å²) >= 11 is 0. The second-order valence-corrected chi connectivity index (χ2v) is 9.48. The molecular weight excluding hydrogens is 416 g/mol. The molecule has 1 amide bonds. The van der Waals surface area contributed by atoms with Gasteiger partial charge in [-0.2, -0.15) is 4.31 Å². The molecule has 0 aromatic heterocycles. The van der Waals surface area contributed by atoms with E-state index in [0.29, 0.717) is 36.5 Å². The number of anilines is 1. The van der Waals surface area contributed by atoms with Gasteiger partial charge >= 0.3 is 0 Å². The Morgan fingerprint density at radius 3 is 2.39 bits per heavy atom. The van der Waals surface area contributed by atoms with Gasteiger partial charge in [0.05, 0.1) is 12.0 Å². The molecule has 3 rings (SSSR count). The van der Waals surface area contributed by atoms with Crippen LogP contribution in [0.3, 0.4) is 0 Å². The number of amides is 1.